The first-order valence-corrected chi connectivity index (χ1v) is 6.95. The largest absolute Gasteiger partial charge is 0.353 e. The smallest absolute Gasteiger partial charge is 0.160 e. The highest BCUT2D eigenvalue weighted by molar-refractivity contribution is 7.13. The minimum absolute atomic E-state index is 0.0600. The van der Waals surface area contributed by atoms with E-state index in [-0.39, 0.29) is 6.29 Å². The Morgan fingerprint density at radius 2 is 2.47 bits per heavy atom. The van der Waals surface area contributed by atoms with E-state index < -0.39 is 0 Å². The minimum atomic E-state index is -0.0600. The Morgan fingerprint density at radius 3 is 3.12 bits per heavy atom. The third-order valence-electron chi connectivity index (χ3n) is 2.95. The summed E-state index contributed by atoms with van der Waals surface area (Å²) in [7, 11) is 0. The molecule has 4 heteroatoms. The third-order valence-corrected chi connectivity index (χ3v) is 4.03. The summed E-state index contributed by atoms with van der Waals surface area (Å²) in [5.41, 5.74) is 1.22. The Balaban J connectivity index is 1.92. The second-order valence-corrected chi connectivity index (χ2v) is 5.34. The number of aryl methyl sites for hydroxylation is 1. The maximum Gasteiger partial charge on any atom is 0.160 e. The van der Waals surface area contributed by atoms with Crippen LogP contribution in [0.5, 0.6) is 0 Å². The lowest BCUT2D eigenvalue weighted by molar-refractivity contribution is -0.168. The molecule has 1 fully saturated rings. The van der Waals surface area contributed by atoms with Crippen LogP contribution in [0.2, 0.25) is 0 Å². The molecule has 0 bridgehead atoms. The van der Waals surface area contributed by atoms with Gasteiger partial charge in [-0.3, -0.25) is 4.79 Å². The molecule has 2 heterocycles. The van der Waals surface area contributed by atoms with Crippen molar-refractivity contribution in [3.8, 4) is 0 Å². The van der Waals surface area contributed by atoms with Crippen LogP contribution in [0.3, 0.4) is 0 Å². The average Bonchev–Trinajstić information content (AvgIpc) is 2.80. The zero-order chi connectivity index (χ0) is 12.1. The van der Waals surface area contributed by atoms with Gasteiger partial charge in [0.25, 0.3) is 0 Å². The maximum absolute atomic E-state index is 10.7. The molecule has 1 unspecified atom stereocenters. The van der Waals surface area contributed by atoms with Crippen LogP contribution in [0.15, 0.2) is 6.07 Å². The topological polar surface area (TPSA) is 35.5 Å². The van der Waals surface area contributed by atoms with Crippen LogP contribution in [-0.2, 0) is 22.5 Å². The molecule has 2 rings (SSSR count). The van der Waals surface area contributed by atoms with Gasteiger partial charge >= 0.3 is 0 Å². The predicted octanol–water partition coefficient (Wildman–Crippen LogP) is 3.17. The van der Waals surface area contributed by atoms with Gasteiger partial charge in [-0.25, -0.2) is 0 Å². The number of aldehydes is 1. The van der Waals surface area contributed by atoms with Crippen LogP contribution in [0.25, 0.3) is 0 Å². The van der Waals surface area contributed by atoms with Crippen molar-refractivity contribution >= 4 is 17.6 Å². The molecule has 3 nitrogen and oxygen atoms in total. The van der Waals surface area contributed by atoms with Crippen molar-refractivity contribution in [3.63, 3.8) is 0 Å². The number of carbonyl (C=O) groups is 1. The summed E-state index contributed by atoms with van der Waals surface area (Å²) in [5, 5.41) is 0. The SMILES string of the molecule is CCc1cc(C=O)sc1COC1CCCCO1. The van der Waals surface area contributed by atoms with Crippen molar-refractivity contribution in [3.05, 3.63) is 21.4 Å². The molecule has 1 aliphatic rings. The normalized spacial score (nSPS) is 20.4. The van der Waals surface area contributed by atoms with Gasteiger partial charge in [-0.15, -0.1) is 11.3 Å². The van der Waals surface area contributed by atoms with E-state index in [4.69, 9.17) is 9.47 Å². The van der Waals surface area contributed by atoms with Gasteiger partial charge in [-0.2, -0.15) is 0 Å². The third kappa shape index (κ3) is 3.37. The zero-order valence-electron chi connectivity index (χ0n) is 10.1. The maximum atomic E-state index is 10.7. The fourth-order valence-corrected chi connectivity index (χ4v) is 2.98. The van der Waals surface area contributed by atoms with E-state index in [1.54, 1.807) is 0 Å². The summed E-state index contributed by atoms with van der Waals surface area (Å²) in [4.78, 5) is 12.7. The molecule has 1 atom stereocenters. The summed E-state index contributed by atoms with van der Waals surface area (Å²) in [6, 6.07) is 1.96. The van der Waals surface area contributed by atoms with Crippen molar-refractivity contribution in [2.24, 2.45) is 0 Å². The van der Waals surface area contributed by atoms with E-state index >= 15 is 0 Å². The fourth-order valence-electron chi connectivity index (χ4n) is 1.98. The first-order valence-electron chi connectivity index (χ1n) is 6.13. The van der Waals surface area contributed by atoms with Crippen molar-refractivity contribution in [1.29, 1.82) is 0 Å². The molecule has 0 radical (unpaired) electrons. The van der Waals surface area contributed by atoms with Gasteiger partial charge < -0.3 is 9.47 Å². The molecular weight excluding hydrogens is 236 g/mol. The summed E-state index contributed by atoms with van der Waals surface area (Å²) in [5.74, 6) is 0. The van der Waals surface area contributed by atoms with E-state index in [0.717, 1.165) is 41.9 Å². The van der Waals surface area contributed by atoms with Crippen LogP contribution in [-0.4, -0.2) is 19.2 Å². The second kappa shape index (κ2) is 6.28. The van der Waals surface area contributed by atoms with Crippen LogP contribution in [0.1, 0.15) is 46.3 Å². The Labute approximate surface area is 106 Å². The van der Waals surface area contributed by atoms with Crippen molar-refractivity contribution in [1.82, 2.24) is 0 Å². The highest BCUT2D eigenvalue weighted by Crippen LogP contribution is 2.24. The average molecular weight is 254 g/mol. The highest BCUT2D eigenvalue weighted by atomic mass is 32.1. The Bertz CT molecular complexity index is 367. The van der Waals surface area contributed by atoms with Gasteiger partial charge in [-0.05, 0) is 37.3 Å². The standard InChI is InChI=1S/C13H18O3S/c1-2-10-7-11(8-14)17-12(10)9-16-13-5-3-4-6-15-13/h7-8,13H,2-6,9H2,1H3. The van der Waals surface area contributed by atoms with Gasteiger partial charge in [0, 0.05) is 11.5 Å². The number of hydrogen-bond acceptors (Lipinski definition) is 4. The monoisotopic (exact) mass is 254 g/mol. The molecule has 0 spiro atoms. The molecule has 1 aliphatic heterocycles. The Morgan fingerprint density at radius 1 is 1.59 bits per heavy atom. The fraction of sp³-hybridized carbons (Fsp3) is 0.615. The quantitative estimate of drug-likeness (QED) is 0.757. The van der Waals surface area contributed by atoms with Crippen molar-refractivity contribution in [2.75, 3.05) is 6.61 Å². The lowest BCUT2D eigenvalue weighted by Gasteiger charge is -2.22. The molecule has 94 valence electrons. The number of carbonyl (C=O) groups excluding carboxylic acids is 1. The molecule has 1 aromatic rings. The Hall–Kier alpha value is -0.710. The minimum Gasteiger partial charge on any atom is -0.353 e. The Kier molecular flexibility index (Phi) is 4.71. The molecule has 0 aliphatic carbocycles. The van der Waals surface area contributed by atoms with Crippen LogP contribution >= 0.6 is 11.3 Å². The number of thiophene rings is 1. The molecule has 1 saturated heterocycles. The number of hydrogen-bond donors (Lipinski definition) is 0. The van der Waals surface area contributed by atoms with Crippen molar-refractivity contribution < 1.29 is 14.3 Å². The predicted molar refractivity (Wildman–Crippen MR) is 67.5 cm³/mol. The van der Waals surface area contributed by atoms with E-state index in [2.05, 4.69) is 6.92 Å². The lowest BCUT2D eigenvalue weighted by atomic mass is 10.2. The van der Waals surface area contributed by atoms with Crippen LogP contribution in [0, 0.1) is 0 Å². The number of rotatable bonds is 5. The molecule has 17 heavy (non-hydrogen) atoms. The van der Waals surface area contributed by atoms with Gasteiger partial charge in [0.05, 0.1) is 11.5 Å². The molecule has 0 aromatic carbocycles. The molecule has 1 aromatic heterocycles. The summed E-state index contributed by atoms with van der Waals surface area (Å²) < 4.78 is 11.3. The van der Waals surface area contributed by atoms with Crippen LogP contribution < -0.4 is 0 Å². The zero-order valence-corrected chi connectivity index (χ0v) is 10.9. The first-order chi connectivity index (χ1) is 8.33. The molecule has 0 amide bonds. The van der Waals surface area contributed by atoms with E-state index in [9.17, 15) is 4.79 Å². The van der Waals surface area contributed by atoms with Crippen molar-refractivity contribution in [2.45, 2.75) is 45.5 Å². The van der Waals surface area contributed by atoms with Gasteiger partial charge in [-0.1, -0.05) is 6.92 Å². The molecule has 0 saturated carbocycles. The molecular formula is C13H18O3S. The van der Waals surface area contributed by atoms with Gasteiger partial charge in [0.1, 0.15) is 0 Å². The summed E-state index contributed by atoms with van der Waals surface area (Å²) in [6.45, 7) is 3.46. The van der Waals surface area contributed by atoms with Gasteiger partial charge in [0.15, 0.2) is 12.6 Å². The second-order valence-electron chi connectivity index (χ2n) is 4.18. The van der Waals surface area contributed by atoms with Gasteiger partial charge in [0.2, 0.25) is 0 Å². The van der Waals surface area contributed by atoms with E-state index in [1.807, 2.05) is 6.07 Å². The molecule has 0 N–H and O–H groups in total. The summed E-state index contributed by atoms with van der Waals surface area (Å²) in [6.07, 6.45) is 5.08. The summed E-state index contributed by atoms with van der Waals surface area (Å²) >= 11 is 1.52. The lowest BCUT2D eigenvalue weighted by Crippen LogP contribution is -2.21. The van der Waals surface area contributed by atoms with E-state index in [1.165, 1.54) is 23.3 Å². The first kappa shape index (κ1) is 12.7. The van der Waals surface area contributed by atoms with Crippen LogP contribution in [0.4, 0.5) is 0 Å². The highest BCUT2D eigenvalue weighted by Gasteiger charge is 2.15. The van der Waals surface area contributed by atoms with E-state index in [0.29, 0.717) is 6.61 Å². The number of ether oxygens (including phenoxy) is 2.